The zero-order valence-corrected chi connectivity index (χ0v) is 14.0. The molecule has 0 saturated heterocycles. The second-order valence-electron chi connectivity index (χ2n) is 5.97. The van der Waals surface area contributed by atoms with Gasteiger partial charge < -0.3 is 0 Å². The molecule has 0 spiro atoms. The summed E-state index contributed by atoms with van der Waals surface area (Å²) in [4.78, 5) is 0. The number of hydrogen-bond donors (Lipinski definition) is 0. The first-order chi connectivity index (χ1) is 10.4. The van der Waals surface area contributed by atoms with Crippen LogP contribution in [-0.2, 0) is 11.6 Å². The Kier molecular flexibility index (Phi) is 4.40. The van der Waals surface area contributed by atoms with Gasteiger partial charge in [0.15, 0.2) is 5.69 Å². The van der Waals surface area contributed by atoms with E-state index >= 15 is 0 Å². The van der Waals surface area contributed by atoms with Gasteiger partial charge in [0.05, 0.1) is 27.4 Å². The number of aromatic nitrogens is 2. The Balaban J connectivity index is 2.79. The third kappa shape index (κ3) is 3.46. The molecule has 2 aromatic rings. The fourth-order valence-electron chi connectivity index (χ4n) is 2.06. The summed E-state index contributed by atoms with van der Waals surface area (Å²) in [5.74, 6) is 0. The van der Waals surface area contributed by atoms with E-state index in [2.05, 4.69) is 5.10 Å². The van der Waals surface area contributed by atoms with Gasteiger partial charge in [0, 0.05) is 5.41 Å². The molecule has 1 aromatic heterocycles. The van der Waals surface area contributed by atoms with Gasteiger partial charge in [-0.15, -0.1) is 0 Å². The Morgan fingerprint density at radius 3 is 2.00 bits per heavy atom. The van der Waals surface area contributed by atoms with Crippen molar-refractivity contribution in [2.45, 2.75) is 32.4 Å². The lowest BCUT2D eigenvalue weighted by molar-refractivity contribution is -0.141. The zero-order valence-electron chi connectivity index (χ0n) is 12.5. The summed E-state index contributed by atoms with van der Waals surface area (Å²) in [6.45, 7) is 5.27. The monoisotopic (exact) mass is 361 g/mol. The first-order valence-corrected chi connectivity index (χ1v) is 7.28. The Labute approximate surface area is 141 Å². The highest BCUT2D eigenvalue weighted by atomic mass is 35.5. The molecule has 0 radical (unpaired) electrons. The summed E-state index contributed by atoms with van der Waals surface area (Å²) in [6, 6.07) is 5.54. The van der Waals surface area contributed by atoms with E-state index in [1.807, 2.05) is 6.07 Å². The van der Waals surface area contributed by atoms with Crippen molar-refractivity contribution in [3.63, 3.8) is 0 Å². The van der Waals surface area contributed by atoms with Crippen molar-refractivity contribution in [3.8, 4) is 11.8 Å². The van der Waals surface area contributed by atoms with Crippen molar-refractivity contribution in [2.75, 3.05) is 0 Å². The molecule has 0 unspecified atom stereocenters. The lowest BCUT2D eigenvalue weighted by Crippen LogP contribution is -2.18. The Hall–Kier alpha value is -1.71. The first kappa shape index (κ1) is 17.6. The van der Waals surface area contributed by atoms with Crippen LogP contribution >= 0.6 is 23.2 Å². The van der Waals surface area contributed by atoms with Crippen LogP contribution in [0.15, 0.2) is 18.2 Å². The van der Waals surface area contributed by atoms with Crippen LogP contribution in [-0.4, -0.2) is 9.78 Å². The second-order valence-corrected chi connectivity index (χ2v) is 6.79. The van der Waals surface area contributed by atoms with Crippen LogP contribution < -0.4 is 0 Å². The molecule has 0 aliphatic carbocycles. The van der Waals surface area contributed by atoms with Crippen molar-refractivity contribution in [1.29, 1.82) is 5.26 Å². The molecule has 0 aliphatic heterocycles. The first-order valence-electron chi connectivity index (χ1n) is 6.52. The minimum atomic E-state index is -4.59. The average molecular weight is 362 g/mol. The van der Waals surface area contributed by atoms with Crippen LogP contribution in [0.3, 0.4) is 0 Å². The maximum absolute atomic E-state index is 13.0. The minimum absolute atomic E-state index is 0.0522. The molecule has 1 aromatic carbocycles. The predicted octanol–water partition coefficient (Wildman–Crippen LogP) is 5.37. The van der Waals surface area contributed by atoms with Crippen LogP contribution in [0.25, 0.3) is 5.69 Å². The summed E-state index contributed by atoms with van der Waals surface area (Å²) < 4.78 is 40.2. The van der Waals surface area contributed by atoms with Crippen molar-refractivity contribution >= 4 is 23.2 Å². The maximum Gasteiger partial charge on any atom is 0.435 e. The molecule has 0 aliphatic rings. The van der Waals surface area contributed by atoms with Gasteiger partial charge in [-0.3, -0.25) is 0 Å². The molecule has 0 fully saturated rings. The third-order valence-electron chi connectivity index (χ3n) is 3.13. The fourth-order valence-corrected chi connectivity index (χ4v) is 2.70. The maximum atomic E-state index is 13.0. The predicted molar refractivity (Wildman–Crippen MR) is 82.0 cm³/mol. The van der Waals surface area contributed by atoms with Crippen LogP contribution in [0.1, 0.15) is 37.7 Å². The number of nitrogens with zero attached hydrogens (tertiary/aromatic N) is 3. The van der Waals surface area contributed by atoms with Gasteiger partial charge in [-0.05, 0) is 18.2 Å². The summed E-state index contributed by atoms with van der Waals surface area (Å²) in [5, 5.41) is 12.6. The van der Waals surface area contributed by atoms with E-state index in [1.54, 1.807) is 20.8 Å². The lowest BCUT2D eigenvalue weighted by Gasteiger charge is -2.21. The van der Waals surface area contributed by atoms with E-state index in [0.29, 0.717) is 5.69 Å². The lowest BCUT2D eigenvalue weighted by atomic mass is 9.91. The number of benzene rings is 1. The molecular weight excluding hydrogens is 350 g/mol. The standard InChI is InChI=1S/C15H12Cl2F3N3/c1-14(2,3)12-6-11(15(18,19)20)22-23(12)13-9(16)4-8(7-21)5-10(13)17/h4-6H,1-3H3. The van der Waals surface area contributed by atoms with E-state index in [-0.39, 0.29) is 21.3 Å². The summed E-state index contributed by atoms with van der Waals surface area (Å²) in [6.07, 6.45) is -4.59. The molecule has 0 saturated carbocycles. The molecular formula is C15H12Cl2F3N3. The minimum Gasteiger partial charge on any atom is -0.234 e. The molecule has 0 amide bonds. The van der Waals surface area contributed by atoms with Crippen LogP contribution in [0, 0.1) is 11.3 Å². The van der Waals surface area contributed by atoms with Gasteiger partial charge in [-0.25, -0.2) is 4.68 Å². The largest absolute Gasteiger partial charge is 0.435 e. The van der Waals surface area contributed by atoms with Gasteiger partial charge in [-0.2, -0.15) is 23.5 Å². The highest BCUT2D eigenvalue weighted by Crippen LogP contribution is 2.37. The topological polar surface area (TPSA) is 41.6 Å². The number of rotatable bonds is 1. The van der Waals surface area contributed by atoms with Gasteiger partial charge in [0.1, 0.15) is 5.69 Å². The molecule has 0 N–H and O–H groups in total. The molecule has 3 nitrogen and oxygen atoms in total. The molecule has 0 bridgehead atoms. The van der Waals surface area contributed by atoms with Gasteiger partial charge in [0.2, 0.25) is 0 Å². The van der Waals surface area contributed by atoms with Crippen molar-refractivity contribution in [3.05, 3.63) is 45.2 Å². The normalized spacial score (nSPS) is 12.3. The van der Waals surface area contributed by atoms with Crippen LogP contribution in [0.2, 0.25) is 10.0 Å². The fraction of sp³-hybridized carbons (Fsp3) is 0.333. The van der Waals surface area contributed by atoms with E-state index < -0.39 is 17.3 Å². The van der Waals surface area contributed by atoms with E-state index in [0.717, 1.165) is 10.7 Å². The third-order valence-corrected chi connectivity index (χ3v) is 3.70. The summed E-state index contributed by atoms with van der Waals surface area (Å²) >= 11 is 12.2. The molecule has 0 atom stereocenters. The van der Waals surface area contributed by atoms with Crippen molar-refractivity contribution in [2.24, 2.45) is 0 Å². The summed E-state index contributed by atoms with van der Waals surface area (Å²) in [7, 11) is 0. The summed E-state index contributed by atoms with van der Waals surface area (Å²) in [5.41, 5.74) is -1.02. The van der Waals surface area contributed by atoms with Gasteiger partial charge in [0.25, 0.3) is 0 Å². The Bertz CT molecular complexity index is 773. The quantitative estimate of drug-likeness (QED) is 0.685. The van der Waals surface area contributed by atoms with E-state index in [4.69, 9.17) is 28.5 Å². The molecule has 23 heavy (non-hydrogen) atoms. The number of hydrogen-bond acceptors (Lipinski definition) is 2. The highest BCUT2D eigenvalue weighted by Gasteiger charge is 2.37. The molecule has 122 valence electrons. The Morgan fingerprint density at radius 2 is 1.61 bits per heavy atom. The number of halogens is 5. The number of alkyl halides is 3. The van der Waals surface area contributed by atoms with E-state index in [9.17, 15) is 13.2 Å². The van der Waals surface area contributed by atoms with E-state index in [1.165, 1.54) is 12.1 Å². The molecule has 2 rings (SSSR count). The Morgan fingerprint density at radius 1 is 1.09 bits per heavy atom. The van der Waals surface area contributed by atoms with Crippen molar-refractivity contribution < 1.29 is 13.2 Å². The van der Waals surface area contributed by atoms with Crippen LogP contribution in [0.4, 0.5) is 13.2 Å². The smallest absolute Gasteiger partial charge is 0.234 e. The molecule has 1 heterocycles. The average Bonchev–Trinajstić information content (AvgIpc) is 2.82. The molecule has 8 heteroatoms. The number of nitriles is 1. The zero-order chi connectivity index (χ0) is 17.6. The SMILES string of the molecule is CC(C)(C)c1cc(C(F)(F)F)nn1-c1c(Cl)cc(C#N)cc1Cl. The second kappa shape index (κ2) is 5.73. The van der Waals surface area contributed by atoms with Gasteiger partial charge in [-0.1, -0.05) is 44.0 Å². The van der Waals surface area contributed by atoms with Gasteiger partial charge >= 0.3 is 6.18 Å². The van der Waals surface area contributed by atoms with Crippen molar-refractivity contribution in [1.82, 2.24) is 9.78 Å². The van der Waals surface area contributed by atoms with Crippen LogP contribution in [0.5, 0.6) is 0 Å². The highest BCUT2D eigenvalue weighted by molar-refractivity contribution is 6.38.